The van der Waals surface area contributed by atoms with Gasteiger partial charge in [0.2, 0.25) is 0 Å². The molecule has 1 unspecified atom stereocenters. The Morgan fingerprint density at radius 2 is 2.11 bits per heavy atom. The van der Waals surface area contributed by atoms with E-state index in [0.717, 1.165) is 63.8 Å². The van der Waals surface area contributed by atoms with Gasteiger partial charge in [-0.15, -0.1) is 24.0 Å². The highest BCUT2D eigenvalue weighted by molar-refractivity contribution is 14.0. The molecule has 0 amide bonds. The molecule has 6 nitrogen and oxygen atoms in total. The lowest BCUT2D eigenvalue weighted by molar-refractivity contribution is 0.150. The minimum atomic E-state index is -0.610. The molecule has 0 radical (unpaired) electrons. The van der Waals surface area contributed by atoms with Gasteiger partial charge in [0.1, 0.15) is 0 Å². The number of nitrogens with zero attached hydrogens (tertiary/aromatic N) is 2. The van der Waals surface area contributed by atoms with Crippen LogP contribution < -0.4 is 10.6 Å². The SMILES string of the molecule is CCNC(=NCc1ccc(O)c(F)c1)NC1CCN(CC2CCOC2)CC1.I. The number of rotatable bonds is 6. The van der Waals surface area contributed by atoms with Crippen molar-refractivity contribution in [1.82, 2.24) is 15.5 Å². The van der Waals surface area contributed by atoms with Crippen LogP contribution in [-0.4, -0.2) is 61.4 Å². The molecule has 0 aromatic heterocycles. The average molecular weight is 506 g/mol. The minimum absolute atomic E-state index is 0. The molecule has 0 bridgehead atoms. The van der Waals surface area contributed by atoms with Gasteiger partial charge in [-0.05, 0) is 49.8 Å². The molecule has 3 rings (SSSR count). The van der Waals surface area contributed by atoms with E-state index >= 15 is 0 Å². The summed E-state index contributed by atoms with van der Waals surface area (Å²) >= 11 is 0. The van der Waals surface area contributed by atoms with Gasteiger partial charge in [-0.2, -0.15) is 0 Å². The van der Waals surface area contributed by atoms with Crippen molar-refractivity contribution in [2.75, 3.05) is 39.4 Å². The molecule has 2 heterocycles. The van der Waals surface area contributed by atoms with Gasteiger partial charge < -0.3 is 25.4 Å². The highest BCUT2D eigenvalue weighted by Crippen LogP contribution is 2.18. The molecule has 3 N–H and O–H groups in total. The number of nitrogens with one attached hydrogen (secondary N) is 2. The third kappa shape index (κ3) is 7.04. The summed E-state index contributed by atoms with van der Waals surface area (Å²) in [4.78, 5) is 7.11. The first kappa shape index (κ1) is 23.2. The largest absolute Gasteiger partial charge is 0.505 e. The first-order valence-electron chi connectivity index (χ1n) is 9.96. The van der Waals surface area contributed by atoms with Crippen LogP contribution in [0.15, 0.2) is 23.2 Å². The van der Waals surface area contributed by atoms with Crippen molar-refractivity contribution in [3.05, 3.63) is 29.6 Å². The normalized spacial score (nSPS) is 21.4. The fourth-order valence-electron chi connectivity index (χ4n) is 3.68. The number of phenols is 1. The van der Waals surface area contributed by atoms with Crippen molar-refractivity contribution in [3.63, 3.8) is 0 Å². The zero-order valence-corrected chi connectivity index (χ0v) is 18.8. The van der Waals surface area contributed by atoms with E-state index < -0.39 is 5.82 Å². The molecule has 1 aromatic rings. The first-order valence-corrected chi connectivity index (χ1v) is 9.96. The van der Waals surface area contributed by atoms with E-state index in [-0.39, 0.29) is 29.7 Å². The Bertz CT molecular complexity index is 633. The fourth-order valence-corrected chi connectivity index (χ4v) is 3.68. The van der Waals surface area contributed by atoms with Crippen molar-refractivity contribution >= 4 is 29.9 Å². The predicted octanol–water partition coefficient (Wildman–Crippen LogP) is 2.71. The van der Waals surface area contributed by atoms with Crippen LogP contribution in [0.4, 0.5) is 4.39 Å². The molecule has 28 heavy (non-hydrogen) atoms. The van der Waals surface area contributed by atoms with Gasteiger partial charge in [0, 0.05) is 38.8 Å². The summed E-state index contributed by atoms with van der Waals surface area (Å²) in [7, 11) is 0. The molecule has 8 heteroatoms. The van der Waals surface area contributed by atoms with E-state index in [1.807, 2.05) is 6.92 Å². The summed E-state index contributed by atoms with van der Waals surface area (Å²) in [5, 5.41) is 16.1. The van der Waals surface area contributed by atoms with E-state index in [1.54, 1.807) is 6.07 Å². The molecule has 2 aliphatic rings. The molecule has 158 valence electrons. The number of ether oxygens (including phenoxy) is 1. The minimum Gasteiger partial charge on any atom is -0.505 e. The topological polar surface area (TPSA) is 69.1 Å². The van der Waals surface area contributed by atoms with Crippen molar-refractivity contribution in [2.45, 2.75) is 38.8 Å². The second-order valence-corrected chi connectivity index (χ2v) is 7.43. The highest BCUT2D eigenvalue weighted by atomic mass is 127. The molecule has 1 aromatic carbocycles. The monoisotopic (exact) mass is 506 g/mol. The Morgan fingerprint density at radius 3 is 2.75 bits per heavy atom. The summed E-state index contributed by atoms with van der Waals surface area (Å²) in [5.74, 6) is 0.511. The molecule has 2 saturated heterocycles. The summed E-state index contributed by atoms with van der Waals surface area (Å²) in [6.45, 7) is 8.33. The molecule has 1 atom stereocenters. The molecule has 2 aliphatic heterocycles. The van der Waals surface area contributed by atoms with Crippen LogP contribution in [0.2, 0.25) is 0 Å². The maximum atomic E-state index is 13.5. The number of benzene rings is 1. The number of hydrogen-bond donors (Lipinski definition) is 3. The Hall–Kier alpha value is -1.13. The Kier molecular flexibility index (Phi) is 9.73. The highest BCUT2D eigenvalue weighted by Gasteiger charge is 2.24. The number of halogens is 2. The summed E-state index contributed by atoms with van der Waals surface area (Å²) in [6, 6.07) is 4.78. The van der Waals surface area contributed by atoms with Crippen LogP contribution in [0.3, 0.4) is 0 Å². The summed E-state index contributed by atoms with van der Waals surface area (Å²) in [6.07, 6.45) is 3.37. The molecule has 0 saturated carbocycles. The third-order valence-corrected chi connectivity index (χ3v) is 5.24. The molecular formula is C20H32FIN4O2. The zero-order valence-electron chi connectivity index (χ0n) is 16.5. The van der Waals surface area contributed by atoms with Crippen molar-refractivity contribution in [1.29, 1.82) is 0 Å². The van der Waals surface area contributed by atoms with E-state index in [9.17, 15) is 9.50 Å². The predicted molar refractivity (Wildman–Crippen MR) is 120 cm³/mol. The molecule has 0 aliphatic carbocycles. The number of phenolic OH excluding ortho intramolecular Hbond substituents is 1. The van der Waals surface area contributed by atoms with Gasteiger partial charge >= 0.3 is 0 Å². The molecular weight excluding hydrogens is 474 g/mol. The second kappa shape index (κ2) is 11.8. The number of aromatic hydroxyl groups is 1. The maximum absolute atomic E-state index is 13.5. The van der Waals surface area contributed by atoms with Crippen LogP contribution >= 0.6 is 24.0 Å². The fraction of sp³-hybridized carbons (Fsp3) is 0.650. The van der Waals surface area contributed by atoms with Crippen molar-refractivity contribution in [3.8, 4) is 5.75 Å². The van der Waals surface area contributed by atoms with Gasteiger partial charge in [-0.1, -0.05) is 6.07 Å². The summed E-state index contributed by atoms with van der Waals surface area (Å²) in [5.41, 5.74) is 0.733. The van der Waals surface area contributed by atoms with E-state index in [4.69, 9.17) is 4.74 Å². The summed E-state index contributed by atoms with van der Waals surface area (Å²) < 4.78 is 18.9. The molecule has 2 fully saturated rings. The van der Waals surface area contributed by atoms with Crippen LogP contribution in [0.25, 0.3) is 0 Å². The van der Waals surface area contributed by atoms with Crippen molar-refractivity contribution < 1.29 is 14.2 Å². The lowest BCUT2D eigenvalue weighted by atomic mass is 10.0. The smallest absolute Gasteiger partial charge is 0.191 e. The van der Waals surface area contributed by atoms with Gasteiger partial charge in [0.05, 0.1) is 13.2 Å². The van der Waals surface area contributed by atoms with Crippen LogP contribution in [-0.2, 0) is 11.3 Å². The lowest BCUT2D eigenvalue weighted by Crippen LogP contribution is -2.49. The number of guanidine groups is 1. The average Bonchev–Trinajstić information content (AvgIpc) is 3.17. The number of aliphatic imine (C=N–C) groups is 1. The van der Waals surface area contributed by atoms with E-state index in [1.165, 1.54) is 18.6 Å². The Morgan fingerprint density at radius 1 is 1.32 bits per heavy atom. The number of likely N-dealkylation sites (tertiary alicyclic amines) is 1. The van der Waals surface area contributed by atoms with E-state index in [2.05, 4.69) is 20.5 Å². The number of piperidine rings is 1. The second-order valence-electron chi connectivity index (χ2n) is 7.43. The van der Waals surface area contributed by atoms with Gasteiger partial charge in [-0.25, -0.2) is 9.38 Å². The van der Waals surface area contributed by atoms with Gasteiger partial charge in [-0.3, -0.25) is 0 Å². The first-order chi connectivity index (χ1) is 13.1. The lowest BCUT2D eigenvalue weighted by Gasteiger charge is -2.34. The van der Waals surface area contributed by atoms with Crippen LogP contribution in [0.5, 0.6) is 5.75 Å². The Balaban J connectivity index is 0.00000280. The maximum Gasteiger partial charge on any atom is 0.191 e. The standard InChI is InChI=1S/C20H31FN4O2.HI/c1-2-22-20(23-12-15-3-4-19(26)18(21)11-15)24-17-5-8-25(9-6-17)13-16-7-10-27-14-16;/h3-4,11,16-17,26H,2,5-10,12-14H2,1H3,(H2,22,23,24);1H. The van der Waals surface area contributed by atoms with Gasteiger partial charge in [0.15, 0.2) is 17.5 Å². The number of hydrogen-bond acceptors (Lipinski definition) is 4. The van der Waals surface area contributed by atoms with Crippen molar-refractivity contribution in [2.24, 2.45) is 10.9 Å². The zero-order chi connectivity index (χ0) is 19.1. The third-order valence-electron chi connectivity index (χ3n) is 5.24. The van der Waals surface area contributed by atoms with Gasteiger partial charge in [0.25, 0.3) is 0 Å². The molecule has 0 spiro atoms. The van der Waals surface area contributed by atoms with E-state index in [0.29, 0.717) is 18.5 Å². The quantitative estimate of drug-likeness (QED) is 0.315. The van der Waals surface area contributed by atoms with Crippen LogP contribution in [0.1, 0.15) is 31.7 Å². The van der Waals surface area contributed by atoms with Crippen LogP contribution in [0, 0.1) is 11.7 Å². The Labute approximate surface area is 184 Å².